The van der Waals surface area contributed by atoms with Crippen LogP contribution in [0.3, 0.4) is 0 Å². The molecule has 0 aromatic heterocycles. The van der Waals surface area contributed by atoms with Gasteiger partial charge in [-0.05, 0) is 86.4 Å². The molecule has 4 saturated carbocycles. The van der Waals surface area contributed by atoms with Gasteiger partial charge in [0.2, 0.25) is 6.29 Å². The summed E-state index contributed by atoms with van der Waals surface area (Å²) in [5.41, 5.74) is 1.29. The number of esters is 1. The SMILES string of the molecule is C=C1C[C@@]23CCC4[C@](C)(C(=O)O[C@@H]5O[C@H](CO)[C@@H](O)[C@H](O)[C@H]5O)CCC[C@@]4(C)[C@@H]2CC[C@]1(C)C3. The highest BCUT2D eigenvalue weighted by Crippen LogP contribution is 2.74. The van der Waals surface area contributed by atoms with Crippen LogP contribution >= 0.6 is 0 Å². The summed E-state index contributed by atoms with van der Waals surface area (Å²) in [6.45, 7) is 10.7. The van der Waals surface area contributed by atoms with E-state index < -0.39 is 48.7 Å². The molecule has 1 spiro atoms. The van der Waals surface area contributed by atoms with E-state index in [1.54, 1.807) is 0 Å². The summed E-state index contributed by atoms with van der Waals surface area (Å²) in [5.74, 6) is 0.311. The van der Waals surface area contributed by atoms with Crippen LogP contribution in [0.5, 0.6) is 0 Å². The fraction of sp³-hybridized carbons (Fsp3) is 0.889. The van der Waals surface area contributed by atoms with E-state index in [0.29, 0.717) is 17.8 Å². The molecule has 11 atom stereocenters. The Hall–Kier alpha value is -0.990. The largest absolute Gasteiger partial charge is 0.432 e. The number of rotatable bonds is 3. The van der Waals surface area contributed by atoms with Crippen molar-refractivity contribution < 1.29 is 34.7 Å². The Balaban J connectivity index is 1.39. The van der Waals surface area contributed by atoms with Crippen LogP contribution in [-0.2, 0) is 14.3 Å². The quantitative estimate of drug-likeness (QED) is 0.364. The van der Waals surface area contributed by atoms with Crippen molar-refractivity contribution in [2.24, 2.45) is 33.5 Å². The second-order valence-electron chi connectivity index (χ2n) is 12.9. The first kappa shape index (κ1) is 24.7. The molecular weight excluding hydrogens is 436 g/mol. The number of aliphatic hydroxyl groups is 4. The van der Waals surface area contributed by atoms with Gasteiger partial charge in [-0.1, -0.05) is 32.4 Å². The molecule has 0 aromatic carbocycles. The number of fused-ring (bicyclic) bond motifs is 3. The molecule has 5 aliphatic rings. The van der Waals surface area contributed by atoms with Crippen molar-refractivity contribution in [1.82, 2.24) is 0 Å². The normalized spacial score (nSPS) is 54.8. The molecule has 7 heteroatoms. The van der Waals surface area contributed by atoms with E-state index in [9.17, 15) is 25.2 Å². The lowest BCUT2D eigenvalue weighted by molar-refractivity contribution is -0.298. The summed E-state index contributed by atoms with van der Waals surface area (Å²) in [7, 11) is 0. The van der Waals surface area contributed by atoms with Crippen LogP contribution in [0.2, 0.25) is 0 Å². The molecule has 1 unspecified atom stereocenters. The van der Waals surface area contributed by atoms with Crippen LogP contribution in [-0.4, -0.2) is 63.7 Å². The van der Waals surface area contributed by atoms with Gasteiger partial charge in [0.25, 0.3) is 0 Å². The fourth-order valence-corrected chi connectivity index (χ4v) is 9.32. The highest BCUT2D eigenvalue weighted by Gasteiger charge is 2.67. The number of carbonyl (C=O) groups excluding carboxylic acids is 1. The van der Waals surface area contributed by atoms with Gasteiger partial charge in [0.15, 0.2) is 0 Å². The number of carbonyl (C=O) groups is 1. The molecule has 1 heterocycles. The topological polar surface area (TPSA) is 116 Å². The lowest BCUT2D eigenvalue weighted by Gasteiger charge is -2.64. The molecule has 192 valence electrons. The molecule has 1 saturated heterocycles. The lowest BCUT2D eigenvalue weighted by atomic mass is 9.40. The predicted molar refractivity (Wildman–Crippen MR) is 124 cm³/mol. The minimum absolute atomic E-state index is 0.0333. The van der Waals surface area contributed by atoms with Gasteiger partial charge in [-0.25, -0.2) is 0 Å². The molecule has 0 aromatic rings. The summed E-state index contributed by atoms with van der Waals surface area (Å²) >= 11 is 0. The molecular formula is C27H42O7. The predicted octanol–water partition coefficient (Wildman–Crippen LogP) is 2.69. The Labute approximate surface area is 202 Å². The molecule has 0 amide bonds. The van der Waals surface area contributed by atoms with Crippen LogP contribution in [0, 0.1) is 33.5 Å². The third kappa shape index (κ3) is 3.30. The average Bonchev–Trinajstić information content (AvgIpc) is 2.96. The van der Waals surface area contributed by atoms with Crippen molar-refractivity contribution in [3.63, 3.8) is 0 Å². The summed E-state index contributed by atoms with van der Waals surface area (Å²) in [5, 5.41) is 40.1. The van der Waals surface area contributed by atoms with E-state index in [0.717, 1.165) is 32.1 Å². The zero-order valence-electron chi connectivity index (χ0n) is 20.8. The minimum atomic E-state index is -1.57. The second-order valence-corrected chi connectivity index (χ2v) is 12.9. The summed E-state index contributed by atoms with van der Waals surface area (Å²) in [6.07, 6.45) is 2.40. The first-order valence-corrected chi connectivity index (χ1v) is 13.1. The van der Waals surface area contributed by atoms with Gasteiger partial charge in [-0.2, -0.15) is 0 Å². The van der Waals surface area contributed by atoms with Crippen LogP contribution in [0.1, 0.15) is 78.6 Å². The first-order chi connectivity index (χ1) is 15.9. The standard InChI is InChI=1S/C27H42O7/c1-15-12-27-11-7-17-25(3,18(27)6-10-24(15,2)14-27)8-5-9-26(17,4)23(32)34-22-21(31)20(30)19(29)16(13-28)33-22/h16-22,28-31H,1,5-14H2,2-4H3/t16-,17?,18+,19-,20+,21-,22+,24-,25-,26-,27-/m1/s1. The number of allylic oxidation sites excluding steroid dienone is 1. The smallest absolute Gasteiger partial charge is 0.314 e. The van der Waals surface area contributed by atoms with E-state index in [-0.39, 0.29) is 16.7 Å². The van der Waals surface area contributed by atoms with E-state index in [4.69, 9.17) is 9.47 Å². The highest BCUT2D eigenvalue weighted by atomic mass is 16.7. The molecule has 34 heavy (non-hydrogen) atoms. The molecule has 4 N–H and O–H groups in total. The fourth-order valence-electron chi connectivity index (χ4n) is 9.32. The zero-order valence-corrected chi connectivity index (χ0v) is 20.8. The van der Waals surface area contributed by atoms with Crippen molar-refractivity contribution in [2.75, 3.05) is 6.61 Å². The zero-order chi connectivity index (χ0) is 24.7. The Morgan fingerprint density at radius 2 is 1.74 bits per heavy atom. The molecule has 7 nitrogen and oxygen atoms in total. The molecule has 4 aliphatic carbocycles. The molecule has 2 bridgehead atoms. The van der Waals surface area contributed by atoms with Crippen LogP contribution in [0.4, 0.5) is 0 Å². The molecule has 0 radical (unpaired) electrons. The Morgan fingerprint density at radius 1 is 1.03 bits per heavy atom. The monoisotopic (exact) mass is 478 g/mol. The third-order valence-corrected chi connectivity index (χ3v) is 11.1. The molecule has 5 rings (SSSR count). The maximum absolute atomic E-state index is 13.7. The highest BCUT2D eigenvalue weighted by molar-refractivity contribution is 5.77. The van der Waals surface area contributed by atoms with Gasteiger partial charge < -0.3 is 29.9 Å². The van der Waals surface area contributed by atoms with Gasteiger partial charge in [0.05, 0.1) is 12.0 Å². The van der Waals surface area contributed by atoms with Gasteiger partial charge in [-0.3, -0.25) is 4.79 Å². The van der Waals surface area contributed by atoms with Crippen molar-refractivity contribution >= 4 is 5.97 Å². The minimum Gasteiger partial charge on any atom is -0.432 e. The number of hydrogen-bond donors (Lipinski definition) is 4. The van der Waals surface area contributed by atoms with Crippen LogP contribution < -0.4 is 0 Å². The molecule has 1 aliphatic heterocycles. The van der Waals surface area contributed by atoms with Crippen molar-refractivity contribution in [1.29, 1.82) is 0 Å². The maximum Gasteiger partial charge on any atom is 0.314 e. The molecule has 5 fully saturated rings. The Morgan fingerprint density at radius 3 is 2.44 bits per heavy atom. The van der Waals surface area contributed by atoms with Crippen LogP contribution in [0.25, 0.3) is 0 Å². The van der Waals surface area contributed by atoms with Crippen molar-refractivity contribution in [3.05, 3.63) is 12.2 Å². The summed E-state index contributed by atoms with van der Waals surface area (Å²) in [6, 6.07) is 0. The maximum atomic E-state index is 13.7. The van der Waals surface area contributed by atoms with Gasteiger partial charge in [0.1, 0.15) is 24.4 Å². The van der Waals surface area contributed by atoms with E-state index in [1.807, 2.05) is 6.92 Å². The average molecular weight is 479 g/mol. The van der Waals surface area contributed by atoms with Gasteiger partial charge in [-0.15, -0.1) is 0 Å². The lowest BCUT2D eigenvalue weighted by Crippen LogP contribution is -2.62. The number of aliphatic hydroxyl groups excluding tert-OH is 4. The van der Waals surface area contributed by atoms with Crippen LogP contribution in [0.15, 0.2) is 12.2 Å². The Bertz CT molecular complexity index is 858. The van der Waals surface area contributed by atoms with Crippen molar-refractivity contribution in [3.8, 4) is 0 Å². The van der Waals surface area contributed by atoms with Gasteiger partial charge in [0, 0.05) is 0 Å². The summed E-state index contributed by atoms with van der Waals surface area (Å²) < 4.78 is 11.2. The Kier molecular flexibility index (Phi) is 5.81. The number of hydrogen-bond acceptors (Lipinski definition) is 7. The first-order valence-electron chi connectivity index (χ1n) is 13.1. The van der Waals surface area contributed by atoms with E-state index in [1.165, 1.54) is 24.8 Å². The van der Waals surface area contributed by atoms with E-state index in [2.05, 4.69) is 20.4 Å². The second kappa shape index (κ2) is 8.01. The summed E-state index contributed by atoms with van der Waals surface area (Å²) in [4.78, 5) is 13.7. The third-order valence-electron chi connectivity index (χ3n) is 11.1. The van der Waals surface area contributed by atoms with Gasteiger partial charge >= 0.3 is 5.97 Å². The number of ether oxygens (including phenoxy) is 2. The van der Waals surface area contributed by atoms with E-state index >= 15 is 0 Å². The van der Waals surface area contributed by atoms with Crippen molar-refractivity contribution in [2.45, 2.75) is 109 Å².